The van der Waals surface area contributed by atoms with E-state index < -0.39 is 10.1 Å². The smallest absolute Gasteiger partial charge is 0.124 e. The molecule has 0 saturated heterocycles. The van der Waals surface area contributed by atoms with Crippen LogP contribution in [0, 0.1) is 6.92 Å². The Labute approximate surface area is 127 Å². The van der Waals surface area contributed by atoms with Crippen molar-refractivity contribution in [3.63, 3.8) is 0 Å². The van der Waals surface area contributed by atoms with Gasteiger partial charge in [0.05, 0.1) is 4.90 Å². The fraction of sp³-hybridized carbons (Fsp3) is 0.250. The molecule has 0 unspecified atom stereocenters. The second kappa shape index (κ2) is 8.35. The summed E-state index contributed by atoms with van der Waals surface area (Å²) in [6.45, 7) is 5.72. The first-order valence-electron chi connectivity index (χ1n) is 5.33. The van der Waals surface area contributed by atoms with Crippen LogP contribution in [0.25, 0.3) is 0 Å². The van der Waals surface area contributed by atoms with E-state index in [-0.39, 0.29) is 4.90 Å². The van der Waals surface area contributed by atoms with Crippen LogP contribution in [0.15, 0.2) is 43.9 Å². The number of nitrogens with two attached hydrogens (primary N) is 1. The van der Waals surface area contributed by atoms with Gasteiger partial charge in [-0.25, -0.2) is 8.42 Å². The topological polar surface area (TPSA) is 95.6 Å². The van der Waals surface area contributed by atoms with Gasteiger partial charge in [0.15, 0.2) is 0 Å². The van der Waals surface area contributed by atoms with E-state index >= 15 is 0 Å². The third-order valence-electron chi connectivity index (χ3n) is 2.29. The molecular formula is C12H17N2O3SSb-. The van der Waals surface area contributed by atoms with Crippen molar-refractivity contribution in [1.29, 1.82) is 0 Å². The third kappa shape index (κ3) is 7.35. The van der Waals surface area contributed by atoms with E-state index in [9.17, 15) is 13.0 Å². The van der Waals surface area contributed by atoms with E-state index in [4.69, 9.17) is 5.84 Å². The number of benzene rings is 1. The van der Waals surface area contributed by atoms with Gasteiger partial charge < -0.3 is 4.55 Å². The summed E-state index contributed by atoms with van der Waals surface area (Å²) in [6, 6.07) is 5.78. The normalized spacial score (nSPS) is 12.7. The molecule has 0 aliphatic rings. The van der Waals surface area contributed by atoms with Gasteiger partial charge in [-0.3, -0.25) is 0 Å². The quantitative estimate of drug-likeness (QED) is 0.268. The van der Waals surface area contributed by atoms with E-state index in [1.807, 2.05) is 20.8 Å². The van der Waals surface area contributed by atoms with Gasteiger partial charge in [-0.1, -0.05) is 17.7 Å². The van der Waals surface area contributed by atoms with Crippen LogP contribution >= 0.6 is 0 Å². The molecule has 1 radical (unpaired) electrons. The van der Waals surface area contributed by atoms with Gasteiger partial charge in [-0.05, 0) is 19.1 Å². The minimum absolute atomic E-state index is 0.178. The Hall–Kier alpha value is -0.842. The van der Waals surface area contributed by atoms with Gasteiger partial charge in [-0.2, -0.15) is 0 Å². The van der Waals surface area contributed by atoms with Crippen molar-refractivity contribution < 1.29 is 13.0 Å². The number of hydrazone groups is 1. The Bertz CT molecular complexity index is 547. The van der Waals surface area contributed by atoms with E-state index in [1.54, 1.807) is 12.1 Å². The average Bonchev–Trinajstić information content (AvgIpc) is 2.37. The summed E-state index contributed by atoms with van der Waals surface area (Å²) in [5, 5.41) is 3.52. The maximum atomic E-state index is 10.4. The van der Waals surface area contributed by atoms with Gasteiger partial charge in [0.25, 0.3) is 0 Å². The Morgan fingerprint density at radius 2 is 1.79 bits per heavy atom. The molecule has 0 fully saturated rings. The van der Waals surface area contributed by atoms with Crippen molar-refractivity contribution in [2.75, 3.05) is 0 Å². The molecular weight excluding hydrogens is 374 g/mol. The molecule has 5 nitrogen and oxygen atoms in total. The zero-order valence-corrected chi connectivity index (χ0v) is 14.7. The van der Waals surface area contributed by atoms with Crippen molar-refractivity contribution >= 4 is 38.9 Å². The van der Waals surface area contributed by atoms with Gasteiger partial charge in [0.1, 0.15) is 10.1 Å². The molecule has 0 aromatic heterocycles. The minimum atomic E-state index is -4.27. The summed E-state index contributed by atoms with van der Waals surface area (Å²) < 4.78 is 33.2. The Kier molecular flexibility index (Phi) is 7.98. The fourth-order valence-corrected chi connectivity index (χ4v) is 1.98. The molecule has 0 saturated carbocycles. The molecule has 0 aliphatic heterocycles. The van der Waals surface area contributed by atoms with Crippen molar-refractivity contribution in [2.24, 2.45) is 10.9 Å². The maximum Gasteiger partial charge on any atom is 0.124 e. The fourth-order valence-electron chi connectivity index (χ4n) is 0.911. The van der Waals surface area contributed by atoms with Crippen LogP contribution < -0.4 is 5.84 Å². The van der Waals surface area contributed by atoms with E-state index in [0.717, 1.165) is 11.3 Å². The first kappa shape index (κ1) is 18.2. The van der Waals surface area contributed by atoms with Crippen LogP contribution in [0.2, 0.25) is 0 Å². The molecule has 7 heteroatoms. The first-order chi connectivity index (χ1) is 8.72. The summed E-state index contributed by atoms with van der Waals surface area (Å²) >= 11 is 1.39. The molecule has 0 atom stereocenters. The van der Waals surface area contributed by atoms with Crippen molar-refractivity contribution in [3.05, 3.63) is 39.4 Å². The average molecular weight is 391 g/mol. The molecule has 0 spiro atoms. The molecule has 0 bridgehead atoms. The summed E-state index contributed by atoms with van der Waals surface area (Å²) in [5.41, 5.74) is 3.02. The van der Waals surface area contributed by atoms with Crippen molar-refractivity contribution in [2.45, 2.75) is 25.7 Å². The second-order valence-electron chi connectivity index (χ2n) is 3.81. The number of hydrogen-bond donors (Lipinski definition) is 1. The number of nitrogens with zero attached hydrogens (tertiary/aromatic N) is 1. The van der Waals surface area contributed by atoms with Crippen LogP contribution in [-0.2, 0) is 10.1 Å². The Morgan fingerprint density at radius 3 is 2.05 bits per heavy atom. The minimum Gasteiger partial charge on any atom is -0.744 e. The number of aryl methyl sites for hydroxylation is 1. The van der Waals surface area contributed by atoms with E-state index in [0.29, 0.717) is 0 Å². The number of hydrogen-bond acceptors (Lipinski definition) is 5. The zero-order valence-electron chi connectivity index (χ0n) is 11.0. The van der Waals surface area contributed by atoms with Gasteiger partial charge in [0, 0.05) is 0 Å². The zero-order chi connectivity index (χ0) is 15.1. The maximum absolute atomic E-state index is 10.4. The summed E-state index contributed by atoms with van der Waals surface area (Å²) in [4.78, 5) is -0.178. The van der Waals surface area contributed by atoms with Crippen LogP contribution in [0.3, 0.4) is 0 Å². The molecule has 105 valence electrons. The Morgan fingerprint density at radius 1 is 1.32 bits per heavy atom. The summed E-state index contributed by atoms with van der Waals surface area (Å²) in [7, 11) is -4.27. The number of allylic oxidation sites excluding steroid dienone is 1. The van der Waals surface area contributed by atoms with Crippen molar-refractivity contribution in [1.82, 2.24) is 0 Å². The molecule has 1 aromatic rings. The molecule has 1 aromatic carbocycles. The van der Waals surface area contributed by atoms with Crippen LogP contribution in [0.5, 0.6) is 0 Å². The van der Waals surface area contributed by atoms with E-state index in [1.165, 1.54) is 40.7 Å². The monoisotopic (exact) mass is 390 g/mol. The predicted molar refractivity (Wildman–Crippen MR) is 77.3 cm³/mol. The SMILES string of the molecule is CC(=[CH][SbH])C(C)=NN.Cc1ccc(S(=O)(=O)[O-])cc1. The summed E-state index contributed by atoms with van der Waals surface area (Å²) in [6.07, 6.45) is 0. The Balaban J connectivity index is 0.000000362. The predicted octanol–water partition coefficient (Wildman–Crippen LogP) is 1.02. The molecule has 0 aliphatic carbocycles. The van der Waals surface area contributed by atoms with Crippen LogP contribution in [0.1, 0.15) is 19.4 Å². The molecule has 1 rings (SSSR count). The van der Waals surface area contributed by atoms with Gasteiger partial charge >= 0.3 is 63.1 Å². The van der Waals surface area contributed by atoms with Crippen LogP contribution in [0.4, 0.5) is 0 Å². The number of rotatable bonds is 2. The van der Waals surface area contributed by atoms with E-state index in [2.05, 4.69) is 9.12 Å². The largest absolute Gasteiger partial charge is 0.744 e. The summed E-state index contributed by atoms with van der Waals surface area (Å²) in [5.74, 6) is 5.01. The third-order valence-corrected chi connectivity index (χ3v) is 4.38. The molecule has 0 heterocycles. The van der Waals surface area contributed by atoms with Crippen molar-refractivity contribution in [3.8, 4) is 0 Å². The molecule has 19 heavy (non-hydrogen) atoms. The standard InChI is InChI=1S/C7H8O3S.C5H9N2.Sb.H/c1-6-2-4-7(5-3-6)11(8,9)10;1-4(2)5(3)7-6;;/h2-5H,1H3,(H,8,9,10);1H,6H2,2-3H3;;/p-1. The molecule has 2 N–H and O–H groups in total. The van der Waals surface area contributed by atoms with Crippen LogP contribution in [-0.4, -0.2) is 41.7 Å². The second-order valence-corrected chi connectivity index (χ2v) is 6.01. The molecule has 0 amide bonds. The first-order valence-corrected chi connectivity index (χ1v) is 8.39. The van der Waals surface area contributed by atoms with Gasteiger partial charge in [0.2, 0.25) is 0 Å². The van der Waals surface area contributed by atoms with Gasteiger partial charge in [-0.15, -0.1) is 0 Å².